The van der Waals surface area contributed by atoms with Gasteiger partial charge >= 0.3 is 0 Å². The number of nitrogens with one attached hydrogen (secondary N) is 1. The van der Waals surface area contributed by atoms with Gasteiger partial charge in [-0.1, -0.05) is 12.1 Å². The van der Waals surface area contributed by atoms with E-state index in [1.54, 1.807) is 7.11 Å². The minimum atomic E-state index is 0.682. The molecule has 0 radical (unpaired) electrons. The second-order valence-electron chi connectivity index (χ2n) is 3.57. The molecule has 18 heavy (non-hydrogen) atoms. The van der Waals surface area contributed by atoms with Gasteiger partial charge in [0.15, 0.2) is 10.8 Å². The van der Waals surface area contributed by atoms with Gasteiger partial charge in [-0.15, -0.1) is 11.3 Å². The lowest BCUT2D eigenvalue weighted by Crippen LogP contribution is -1.87. The normalized spacial score (nSPS) is 10.5. The molecular formula is C12H10N4OS. The fraction of sp³-hybridized carbons (Fsp3) is 0.0833. The number of thiazole rings is 1. The molecule has 0 fully saturated rings. The summed E-state index contributed by atoms with van der Waals surface area (Å²) in [5.41, 5.74) is 1.85. The van der Waals surface area contributed by atoms with Crippen LogP contribution in [0.2, 0.25) is 0 Å². The summed E-state index contributed by atoms with van der Waals surface area (Å²) < 4.78 is 5.33. The molecule has 2 heterocycles. The maximum Gasteiger partial charge on any atom is 0.184 e. The van der Waals surface area contributed by atoms with E-state index in [2.05, 4.69) is 20.2 Å². The van der Waals surface area contributed by atoms with Gasteiger partial charge in [0.2, 0.25) is 0 Å². The van der Waals surface area contributed by atoms with Crippen LogP contribution >= 0.6 is 11.3 Å². The van der Waals surface area contributed by atoms with Crippen LogP contribution in [0.1, 0.15) is 0 Å². The van der Waals surface area contributed by atoms with E-state index in [9.17, 15) is 0 Å². The highest BCUT2D eigenvalue weighted by molar-refractivity contribution is 7.13. The molecular weight excluding hydrogens is 248 g/mol. The first-order valence-electron chi connectivity index (χ1n) is 5.33. The fourth-order valence-electron chi connectivity index (χ4n) is 1.67. The van der Waals surface area contributed by atoms with Crippen molar-refractivity contribution in [3.8, 4) is 27.8 Å². The predicted molar refractivity (Wildman–Crippen MR) is 69.5 cm³/mol. The average Bonchev–Trinajstić information content (AvgIpc) is 3.09. The monoisotopic (exact) mass is 258 g/mol. The molecule has 1 aromatic carbocycles. The molecule has 2 aromatic heterocycles. The van der Waals surface area contributed by atoms with Crippen molar-refractivity contribution in [1.82, 2.24) is 20.2 Å². The first-order chi connectivity index (χ1) is 8.88. The summed E-state index contributed by atoms with van der Waals surface area (Å²) in [5.74, 6) is 1.49. The van der Waals surface area contributed by atoms with E-state index in [1.807, 2.05) is 29.6 Å². The SMILES string of the molecule is COc1ccccc1-c1csc(-c2ncn[nH]2)n1. The molecule has 0 aliphatic carbocycles. The Labute approximate surface area is 108 Å². The van der Waals surface area contributed by atoms with Crippen LogP contribution in [-0.4, -0.2) is 27.3 Å². The smallest absolute Gasteiger partial charge is 0.184 e. The van der Waals surface area contributed by atoms with Crippen molar-refractivity contribution in [3.63, 3.8) is 0 Å². The number of ether oxygens (including phenoxy) is 1. The standard InChI is InChI=1S/C12H10N4OS/c1-17-10-5-3-2-4-8(10)9-6-18-12(15-9)11-13-7-14-16-11/h2-7H,1H3,(H,13,14,16). The molecule has 0 amide bonds. The minimum absolute atomic E-state index is 0.682. The van der Waals surface area contributed by atoms with Crippen LogP contribution in [0.25, 0.3) is 22.1 Å². The van der Waals surface area contributed by atoms with Crippen LogP contribution in [0.5, 0.6) is 5.75 Å². The van der Waals surface area contributed by atoms with Gasteiger partial charge < -0.3 is 4.74 Å². The van der Waals surface area contributed by atoms with Crippen molar-refractivity contribution in [2.24, 2.45) is 0 Å². The minimum Gasteiger partial charge on any atom is -0.496 e. The molecule has 0 saturated heterocycles. The molecule has 0 unspecified atom stereocenters. The van der Waals surface area contributed by atoms with Gasteiger partial charge in [-0.3, -0.25) is 5.10 Å². The van der Waals surface area contributed by atoms with Crippen molar-refractivity contribution in [2.75, 3.05) is 7.11 Å². The molecule has 5 nitrogen and oxygen atoms in total. The third-order valence-electron chi connectivity index (χ3n) is 2.50. The topological polar surface area (TPSA) is 63.7 Å². The molecule has 0 aliphatic heterocycles. The van der Waals surface area contributed by atoms with E-state index in [0.717, 1.165) is 22.0 Å². The molecule has 3 rings (SSSR count). The average molecular weight is 258 g/mol. The van der Waals surface area contributed by atoms with Gasteiger partial charge in [0.25, 0.3) is 0 Å². The molecule has 90 valence electrons. The van der Waals surface area contributed by atoms with Crippen LogP contribution in [0.3, 0.4) is 0 Å². The lowest BCUT2D eigenvalue weighted by molar-refractivity contribution is 0.416. The summed E-state index contributed by atoms with van der Waals surface area (Å²) in [4.78, 5) is 8.62. The highest BCUT2D eigenvalue weighted by Gasteiger charge is 2.11. The van der Waals surface area contributed by atoms with Crippen LogP contribution < -0.4 is 4.74 Å². The largest absolute Gasteiger partial charge is 0.496 e. The molecule has 0 bridgehead atoms. The van der Waals surface area contributed by atoms with Gasteiger partial charge in [0.1, 0.15) is 12.1 Å². The first kappa shape index (κ1) is 10.9. The Morgan fingerprint density at radius 1 is 1.28 bits per heavy atom. The summed E-state index contributed by atoms with van der Waals surface area (Å²) in [6.07, 6.45) is 1.47. The van der Waals surface area contributed by atoms with Crippen LogP contribution in [0.15, 0.2) is 36.0 Å². The number of nitrogens with zero attached hydrogens (tertiary/aromatic N) is 3. The van der Waals surface area contributed by atoms with Crippen molar-refractivity contribution >= 4 is 11.3 Å². The van der Waals surface area contributed by atoms with E-state index < -0.39 is 0 Å². The summed E-state index contributed by atoms with van der Waals surface area (Å²) >= 11 is 1.52. The lowest BCUT2D eigenvalue weighted by Gasteiger charge is -2.04. The summed E-state index contributed by atoms with van der Waals surface area (Å²) in [6.45, 7) is 0. The maximum atomic E-state index is 5.33. The Morgan fingerprint density at radius 3 is 2.94 bits per heavy atom. The van der Waals surface area contributed by atoms with E-state index >= 15 is 0 Å². The Bertz CT molecular complexity index is 648. The Balaban J connectivity index is 2.03. The zero-order chi connectivity index (χ0) is 12.4. The van der Waals surface area contributed by atoms with Gasteiger partial charge in [-0.2, -0.15) is 5.10 Å². The van der Waals surface area contributed by atoms with E-state index in [4.69, 9.17) is 4.74 Å². The van der Waals surface area contributed by atoms with E-state index in [1.165, 1.54) is 17.7 Å². The van der Waals surface area contributed by atoms with Crippen molar-refractivity contribution in [1.29, 1.82) is 0 Å². The van der Waals surface area contributed by atoms with Gasteiger partial charge in [-0.05, 0) is 12.1 Å². The second-order valence-corrected chi connectivity index (χ2v) is 4.43. The Morgan fingerprint density at radius 2 is 2.17 bits per heavy atom. The first-order valence-corrected chi connectivity index (χ1v) is 6.21. The molecule has 1 N–H and O–H groups in total. The number of hydrogen-bond donors (Lipinski definition) is 1. The highest BCUT2D eigenvalue weighted by Crippen LogP contribution is 2.32. The van der Waals surface area contributed by atoms with Crippen molar-refractivity contribution in [2.45, 2.75) is 0 Å². The molecule has 0 spiro atoms. The lowest BCUT2D eigenvalue weighted by atomic mass is 10.1. The number of H-pyrrole nitrogens is 1. The van der Waals surface area contributed by atoms with E-state index in [0.29, 0.717) is 5.82 Å². The molecule has 6 heteroatoms. The van der Waals surface area contributed by atoms with Crippen LogP contribution in [-0.2, 0) is 0 Å². The summed E-state index contributed by atoms with van der Waals surface area (Å²) in [6, 6.07) is 7.80. The van der Waals surface area contributed by atoms with Crippen molar-refractivity contribution < 1.29 is 4.74 Å². The Hall–Kier alpha value is -2.21. The quantitative estimate of drug-likeness (QED) is 0.784. The number of aromatic amines is 1. The molecule has 0 aliphatic rings. The zero-order valence-electron chi connectivity index (χ0n) is 9.62. The van der Waals surface area contributed by atoms with E-state index in [-0.39, 0.29) is 0 Å². The number of para-hydroxylation sites is 1. The number of aromatic nitrogens is 4. The highest BCUT2D eigenvalue weighted by atomic mass is 32.1. The number of methoxy groups -OCH3 is 1. The van der Waals surface area contributed by atoms with Crippen molar-refractivity contribution in [3.05, 3.63) is 36.0 Å². The predicted octanol–water partition coefficient (Wildman–Crippen LogP) is 2.60. The van der Waals surface area contributed by atoms with Gasteiger partial charge in [0.05, 0.1) is 12.8 Å². The second kappa shape index (κ2) is 4.58. The van der Waals surface area contributed by atoms with Gasteiger partial charge in [-0.25, -0.2) is 9.97 Å². The van der Waals surface area contributed by atoms with Crippen LogP contribution in [0, 0.1) is 0 Å². The molecule has 3 aromatic rings. The molecule has 0 atom stereocenters. The summed E-state index contributed by atoms with van der Waals surface area (Å²) in [7, 11) is 1.66. The fourth-order valence-corrected chi connectivity index (χ4v) is 2.43. The maximum absolute atomic E-state index is 5.33. The number of hydrogen-bond acceptors (Lipinski definition) is 5. The third-order valence-corrected chi connectivity index (χ3v) is 3.35. The Kier molecular flexibility index (Phi) is 2.77. The third kappa shape index (κ3) is 1.86. The van der Waals surface area contributed by atoms with Crippen LogP contribution in [0.4, 0.5) is 0 Å². The number of benzene rings is 1. The number of rotatable bonds is 3. The van der Waals surface area contributed by atoms with Gasteiger partial charge in [0, 0.05) is 10.9 Å². The zero-order valence-corrected chi connectivity index (χ0v) is 10.4. The summed E-state index contributed by atoms with van der Waals surface area (Å²) in [5, 5.41) is 9.42. The molecule has 0 saturated carbocycles.